The zero-order valence-corrected chi connectivity index (χ0v) is 11.9. The molecule has 2 aromatic rings. The molecule has 0 bridgehead atoms. The van der Waals surface area contributed by atoms with Crippen LogP contribution in [0.2, 0.25) is 0 Å². The van der Waals surface area contributed by atoms with Gasteiger partial charge in [-0.2, -0.15) is 16.6 Å². The van der Waals surface area contributed by atoms with Crippen LogP contribution in [0, 0.1) is 11.3 Å². The van der Waals surface area contributed by atoms with Gasteiger partial charge in [0.2, 0.25) is 0 Å². The number of nitrogens with one attached hydrogen (secondary N) is 1. The molecule has 3 nitrogen and oxygen atoms in total. The van der Waals surface area contributed by atoms with Crippen molar-refractivity contribution < 1.29 is 4.79 Å². The fraction of sp³-hybridized carbons (Fsp3) is 0.125. The molecule has 2 rings (SSSR count). The molecule has 1 aromatic carbocycles. The van der Waals surface area contributed by atoms with E-state index in [0.29, 0.717) is 0 Å². The van der Waals surface area contributed by atoms with Gasteiger partial charge in [0.25, 0.3) is 5.91 Å². The number of benzene rings is 1. The summed E-state index contributed by atoms with van der Waals surface area (Å²) in [5, 5.41) is 15.7. The van der Waals surface area contributed by atoms with E-state index in [1.807, 2.05) is 60.2 Å². The standard InChI is InChI=1S/C16H14N2OS/c1-12(14-5-3-2-4-6-14)18-16(19)15(10-17)9-13-7-8-20-11-13/h2-9,11-12H,1H3,(H,18,19)/b15-9+. The minimum atomic E-state index is -0.352. The van der Waals surface area contributed by atoms with E-state index in [2.05, 4.69) is 5.32 Å². The van der Waals surface area contributed by atoms with Crippen LogP contribution in [0.3, 0.4) is 0 Å². The Morgan fingerprint density at radius 3 is 2.70 bits per heavy atom. The predicted octanol–water partition coefficient (Wildman–Crippen LogP) is 3.53. The third-order valence-corrected chi connectivity index (χ3v) is 3.57. The molecule has 4 heteroatoms. The van der Waals surface area contributed by atoms with Gasteiger partial charge in [-0.15, -0.1) is 0 Å². The second-order valence-electron chi connectivity index (χ2n) is 4.33. The Labute approximate surface area is 122 Å². The Bertz CT molecular complexity index is 639. The maximum Gasteiger partial charge on any atom is 0.262 e. The van der Waals surface area contributed by atoms with Crippen molar-refractivity contribution in [3.63, 3.8) is 0 Å². The average molecular weight is 282 g/mol. The molecule has 1 heterocycles. The predicted molar refractivity (Wildman–Crippen MR) is 80.9 cm³/mol. The fourth-order valence-electron chi connectivity index (χ4n) is 1.77. The van der Waals surface area contributed by atoms with Crippen molar-refractivity contribution in [2.75, 3.05) is 0 Å². The van der Waals surface area contributed by atoms with Crippen LogP contribution in [0.1, 0.15) is 24.1 Å². The molecule has 0 saturated carbocycles. The van der Waals surface area contributed by atoms with Crippen LogP contribution in [0.25, 0.3) is 6.08 Å². The lowest BCUT2D eigenvalue weighted by molar-refractivity contribution is -0.117. The van der Waals surface area contributed by atoms with E-state index in [1.165, 1.54) is 11.3 Å². The van der Waals surface area contributed by atoms with Crippen molar-refractivity contribution in [3.05, 3.63) is 63.9 Å². The number of thiophene rings is 1. The number of nitriles is 1. The number of carbonyl (C=O) groups is 1. The summed E-state index contributed by atoms with van der Waals surface area (Å²) in [5.74, 6) is -0.352. The summed E-state index contributed by atoms with van der Waals surface area (Å²) in [6.45, 7) is 1.90. The fourth-order valence-corrected chi connectivity index (χ4v) is 2.39. The van der Waals surface area contributed by atoms with E-state index >= 15 is 0 Å². The van der Waals surface area contributed by atoms with Gasteiger partial charge in [-0.25, -0.2) is 0 Å². The zero-order valence-electron chi connectivity index (χ0n) is 11.0. The smallest absolute Gasteiger partial charge is 0.262 e. The highest BCUT2D eigenvalue weighted by atomic mass is 32.1. The Morgan fingerprint density at radius 1 is 1.35 bits per heavy atom. The van der Waals surface area contributed by atoms with Crippen molar-refractivity contribution in [1.82, 2.24) is 5.32 Å². The van der Waals surface area contributed by atoms with Gasteiger partial charge in [-0.3, -0.25) is 4.79 Å². The lowest BCUT2D eigenvalue weighted by Gasteiger charge is -2.13. The second kappa shape index (κ2) is 6.69. The van der Waals surface area contributed by atoms with Crippen molar-refractivity contribution >= 4 is 23.3 Å². The van der Waals surface area contributed by atoms with Crippen molar-refractivity contribution in [2.24, 2.45) is 0 Å². The Morgan fingerprint density at radius 2 is 2.10 bits per heavy atom. The highest BCUT2D eigenvalue weighted by molar-refractivity contribution is 7.08. The lowest BCUT2D eigenvalue weighted by atomic mass is 10.1. The van der Waals surface area contributed by atoms with Gasteiger partial charge in [0, 0.05) is 0 Å². The second-order valence-corrected chi connectivity index (χ2v) is 5.11. The van der Waals surface area contributed by atoms with Gasteiger partial charge < -0.3 is 5.32 Å². The van der Waals surface area contributed by atoms with Gasteiger partial charge in [0.15, 0.2) is 0 Å². The Balaban J connectivity index is 2.09. The molecule has 1 unspecified atom stereocenters. The molecule has 0 aliphatic heterocycles. The SMILES string of the molecule is CC(NC(=O)/C(C#N)=C/c1ccsc1)c1ccccc1. The van der Waals surface area contributed by atoms with E-state index in [0.717, 1.165) is 11.1 Å². The van der Waals surface area contributed by atoms with Gasteiger partial charge in [-0.1, -0.05) is 30.3 Å². The molecular weight excluding hydrogens is 268 g/mol. The first kappa shape index (κ1) is 14.0. The summed E-state index contributed by atoms with van der Waals surface area (Å²) in [5.41, 5.74) is 1.99. The van der Waals surface area contributed by atoms with Crippen LogP contribution >= 0.6 is 11.3 Å². The highest BCUT2D eigenvalue weighted by Gasteiger charge is 2.13. The minimum Gasteiger partial charge on any atom is -0.345 e. The number of nitrogens with zero attached hydrogens (tertiary/aromatic N) is 1. The monoisotopic (exact) mass is 282 g/mol. The quantitative estimate of drug-likeness (QED) is 0.689. The van der Waals surface area contributed by atoms with Crippen molar-refractivity contribution in [1.29, 1.82) is 5.26 Å². The molecule has 1 atom stereocenters. The molecule has 1 aromatic heterocycles. The van der Waals surface area contributed by atoms with Gasteiger partial charge in [0.05, 0.1) is 6.04 Å². The van der Waals surface area contributed by atoms with Crippen molar-refractivity contribution in [2.45, 2.75) is 13.0 Å². The lowest BCUT2D eigenvalue weighted by Crippen LogP contribution is -2.27. The summed E-state index contributed by atoms with van der Waals surface area (Å²) in [6.07, 6.45) is 1.60. The van der Waals surface area contributed by atoms with Gasteiger partial charge in [0.1, 0.15) is 11.6 Å². The van der Waals surface area contributed by atoms with E-state index in [4.69, 9.17) is 5.26 Å². The zero-order chi connectivity index (χ0) is 14.4. The van der Waals surface area contributed by atoms with Gasteiger partial charge in [-0.05, 0) is 41.0 Å². The molecule has 100 valence electrons. The summed E-state index contributed by atoms with van der Waals surface area (Å²) in [6, 6.07) is 13.3. The molecule has 0 fully saturated rings. The first-order chi connectivity index (χ1) is 9.70. The first-order valence-corrected chi connectivity index (χ1v) is 7.15. The molecule has 0 aliphatic carbocycles. The number of hydrogen-bond acceptors (Lipinski definition) is 3. The van der Waals surface area contributed by atoms with Crippen LogP contribution in [0.5, 0.6) is 0 Å². The van der Waals surface area contributed by atoms with Gasteiger partial charge >= 0.3 is 0 Å². The number of carbonyl (C=O) groups excluding carboxylic acids is 1. The average Bonchev–Trinajstić information content (AvgIpc) is 2.98. The number of rotatable bonds is 4. The maximum atomic E-state index is 12.1. The molecule has 0 aliphatic rings. The van der Waals surface area contributed by atoms with E-state index in [-0.39, 0.29) is 17.5 Å². The topological polar surface area (TPSA) is 52.9 Å². The van der Waals surface area contributed by atoms with Crippen LogP contribution in [0.4, 0.5) is 0 Å². The molecule has 0 saturated heterocycles. The van der Waals surface area contributed by atoms with Crippen molar-refractivity contribution in [3.8, 4) is 6.07 Å². The normalized spacial score (nSPS) is 12.5. The minimum absolute atomic E-state index is 0.117. The summed E-state index contributed by atoms with van der Waals surface area (Å²) in [4.78, 5) is 12.1. The van der Waals surface area contributed by atoms with Crippen LogP contribution in [-0.2, 0) is 4.79 Å². The summed E-state index contributed by atoms with van der Waals surface area (Å²) >= 11 is 1.53. The number of amides is 1. The molecule has 0 spiro atoms. The van der Waals surface area contributed by atoms with Crippen LogP contribution in [0.15, 0.2) is 52.7 Å². The molecule has 20 heavy (non-hydrogen) atoms. The molecular formula is C16H14N2OS. The van der Waals surface area contributed by atoms with Crippen LogP contribution in [-0.4, -0.2) is 5.91 Å². The Hall–Kier alpha value is -2.38. The molecule has 0 radical (unpaired) electrons. The molecule has 1 N–H and O–H groups in total. The summed E-state index contributed by atoms with van der Waals surface area (Å²) in [7, 11) is 0. The Kier molecular flexibility index (Phi) is 4.70. The highest BCUT2D eigenvalue weighted by Crippen LogP contribution is 2.14. The van der Waals surface area contributed by atoms with Crippen LogP contribution < -0.4 is 5.32 Å². The third-order valence-electron chi connectivity index (χ3n) is 2.87. The first-order valence-electron chi connectivity index (χ1n) is 6.20. The third kappa shape index (κ3) is 3.56. The van der Waals surface area contributed by atoms with E-state index < -0.39 is 0 Å². The maximum absolute atomic E-state index is 12.1. The number of hydrogen-bond donors (Lipinski definition) is 1. The largest absolute Gasteiger partial charge is 0.345 e. The van der Waals surface area contributed by atoms with E-state index in [9.17, 15) is 4.79 Å². The van der Waals surface area contributed by atoms with E-state index in [1.54, 1.807) is 6.08 Å². The molecule has 1 amide bonds. The summed E-state index contributed by atoms with van der Waals surface area (Å²) < 4.78 is 0.